The largest absolute Gasteiger partial charge is 0.360 e. The standard InChI is InChI=1S/C13H24N4S/c1-3-6-12-15-13(18-16-12)14-9-11(2)10-17-7-4-5-8-17/h11H,3-10H2,1-2H3,(H,14,15,16). The van der Waals surface area contributed by atoms with Gasteiger partial charge in [-0.2, -0.15) is 4.37 Å². The minimum absolute atomic E-state index is 0.668. The highest BCUT2D eigenvalue weighted by Gasteiger charge is 2.14. The maximum absolute atomic E-state index is 4.49. The van der Waals surface area contributed by atoms with Crippen LogP contribution in [0.2, 0.25) is 0 Å². The lowest BCUT2D eigenvalue weighted by molar-refractivity contribution is 0.294. The first-order valence-corrected chi connectivity index (χ1v) is 7.84. The normalized spacial score (nSPS) is 18.1. The third kappa shape index (κ3) is 4.21. The van der Waals surface area contributed by atoms with E-state index in [0.29, 0.717) is 5.92 Å². The van der Waals surface area contributed by atoms with E-state index in [9.17, 15) is 0 Å². The molecule has 1 aromatic rings. The summed E-state index contributed by atoms with van der Waals surface area (Å²) in [5.74, 6) is 1.65. The molecule has 1 aliphatic heterocycles. The van der Waals surface area contributed by atoms with E-state index in [0.717, 1.165) is 30.3 Å². The van der Waals surface area contributed by atoms with Crippen LogP contribution in [-0.4, -0.2) is 40.4 Å². The van der Waals surface area contributed by atoms with Gasteiger partial charge in [0.15, 0.2) is 0 Å². The van der Waals surface area contributed by atoms with Gasteiger partial charge in [-0.25, -0.2) is 4.98 Å². The molecule has 1 fully saturated rings. The van der Waals surface area contributed by atoms with Crippen molar-refractivity contribution in [1.29, 1.82) is 0 Å². The molecular weight excluding hydrogens is 244 g/mol. The smallest absolute Gasteiger partial charge is 0.202 e. The van der Waals surface area contributed by atoms with Gasteiger partial charge in [-0.1, -0.05) is 13.8 Å². The predicted octanol–water partition coefficient (Wildman–Crippen LogP) is 2.63. The van der Waals surface area contributed by atoms with E-state index in [2.05, 4.69) is 33.4 Å². The fourth-order valence-electron chi connectivity index (χ4n) is 2.38. The molecular formula is C13H24N4S. The zero-order chi connectivity index (χ0) is 12.8. The Morgan fingerprint density at radius 3 is 2.89 bits per heavy atom. The van der Waals surface area contributed by atoms with Gasteiger partial charge in [0.05, 0.1) is 0 Å². The van der Waals surface area contributed by atoms with Crippen LogP contribution in [0.25, 0.3) is 0 Å². The third-order valence-electron chi connectivity index (χ3n) is 3.31. The highest BCUT2D eigenvalue weighted by Crippen LogP contribution is 2.14. The lowest BCUT2D eigenvalue weighted by Crippen LogP contribution is -2.28. The van der Waals surface area contributed by atoms with Crippen LogP contribution in [0.5, 0.6) is 0 Å². The minimum Gasteiger partial charge on any atom is -0.360 e. The Balaban J connectivity index is 1.69. The fraction of sp³-hybridized carbons (Fsp3) is 0.846. The average molecular weight is 268 g/mol. The second-order valence-corrected chi connectivity index (χ2v) is 6.01. The number of nitrogens with zero attached hydrogens (tertiary/aromatic N) is 3. The molecule has 0 spiro atoms. The Morgan fingerprint density at radius 2 is 2.17 bits per heavy atom. The Hall–Kier alpha value is -0.680. The molecule has 2 heterocycles. The summed E-state index contributed by atoms with van der Waals surface area (Å²) in [6.45, 7) is 9.23. The molecule has 2 rings (SSSR count). The molecule has 0 bridgehead atoms. The summed E-state index contributed by atoms with van der Waals surface area (Å²) in [6, 6.07) is 0. The lowest BCUT2D eigenvalue weighted by Gasteiger charge is -2.20. The molecule has 1 saturated heterocycles. The lowest BCUT2D eigenvalue weighted by atomic mass is 10.2. The Kier molecular flexibility index (Phi) is 5.38. The van der Waals surface area contributed by atoms with Gasteiger partial charge in [-0.05, 0) is 38.3 Å². The molecule has 1 unspecified atom stereocenters. The summed E-state index contributed by atoms with van der Waals surface area (Å²) < 4.78 is 4.34. The van der Waals surface area contributed by atoms with Crippen LogP contribution in [0.15, 0.2) is 0 Å². The first kappa shape index (κ1) is 13.7. The number of hydrogen-bond acceptors (Lipinski definition) is 5. The molecule has 0 amide bonds. The third-order valence-corrected chi connectivity index (χ3v) is 4.02. The molecule has 0 saturated carbocycles. The summed E-state index contributed by atoms with van der Waals surface area (Å²) in [5, 5.41) is 4.39. The molecule has 4 nitrogen and oxygen atoms in total. The van der Waals surface area contributed by atoms with Crippen molar-refractivity contribution in [2.45, 2.75) is 39.5 Å². The van der Waals surface area contributed by atoms with E-state index < -0.39 is 0 Å². The molecule has 102 valence electrons. The van der Waals surface area contributed by atoms with Crippen LogP contribution in [-0.2, 0) is 6.42 Å². The summed E-state index contributed by atoms with van der Waals surface area (Å²) in [5.41, 5.74) is 0. The zero-order valence-corrected chi connectivity index (χ0v) is 12.3. The van der Waals surface area contributed by atoms with E-state index in [1.54, 1.807) is 0 Å². The van der Waals surface area contributed by atoms with Crippen molar-refractivity contribution in [1.82, 2.24) is 14.3 Å². The predicted molar refractivity (Wildman–Crippen MR) is 77.2 cm³/mol. The van der Waals surface area contributed by atoms with Gasteiger partial charge < -0.3 is 10.2 Å². The quantitative estimate of drug-likeness (QED) is 0.825. The fourth-order valence-corrected chi connectivity index (χ4v) is 3.00. The first-order chi connectivity index (χ1) is 8.78. The summed E-state index contributed by atoms with van der Waals surface area (Å²) in [6.07, 6.45) is 4.84. The van der Waals surface area contributed by atoms with Crippen LogP contribution in [0, 0.1) is 5.92 Å². The maximum Gasteiger partial charge on any atom is 0.202 e. The second kappa shape index (κ2) is 7.04. The molecule has 18 heavy (non-hydrogen) atoms. The number of anilines is 1. The highest BCUT2D eigenvalue weighted by atomic mass is 32.1. The van der Waals surface area contributed by atoms with Gasteiger partial charge >= 0.3 is 0 Å². The number of aromatic nitrogens is 2. The topological polar surface area (TPSA) is 41.1 Å². The molecule has 1 aromatic heterocycles. The van der Waals surface area contributed by atoms with Gasteiger partial charge in [0.2, 0.25) is 5.13 Å². The number of aryl methyl sites for hydroxylation is 1. The number of rotatable bonds is 7. The van der Waals surface area contributed by atoms with Gasteiger partial charge in [0.1, 0.15) is 5.82 Å². The van der Waals surface area contributed by atoms with Crippen LogP contribution >= 0.6 is 11.5 Å². The minimum atomic E-state index is 0.668. The van der Waals surface area contributed by atoms with Gasteiger partial charge in [0, 0.05) is 31.0 Å². The average Bonchev–Trinajstić information content (AvgIpc) is 2.99. The van der Waals surface area contributed by atoms with Crippen LogP contribution in [0.4, 0.5) is 5.13 Å². The van der Waals surface area contributed by atoms with Crippen molar-refractivity contribution in [2.75, 3.05) is 31.5 Å². The van der Waals surface area contributed by atoms with E-state index in [1.165, 1.54) is 44.0 Å². The SMILES string of the molecule is CCCc1nsc(NCC(C)CN2CCCC2)n1. The number of nitrogens with one attached hydrogen (secondary N) is 1. The van der Waals surface area contributed by atoms with Crippen molar-refractivity contribution < 1.29 is 0 Å². The van der Waals surface area contributed by atoms with Gasteiger partial charge in [-0.3, -0.25) is 0 Å². The summed E-state index contributed by atoms with van der Waals surface area (Å²) in [7, 11) is 0. The van der Waals surface area contributed by atoms with Crippen molar-refractivity contribution in [3.05, 3.63) is 5.82 Å². The number of likely N-dealkylation sites (tertiary alicyclic amines) is 1. The molecule has 5 heteroatoms. The van der Waals surface area contributed by atoms with E-state index in [4.69, 9.17) is 0 Å². The van der Waals surface area contributed by atoms with Crippen LogP contribution in [0.1, 0.15) is 38.9 Å². The maximum atomic E-state index is 4.49. The van der Waals surface area contributed by atoms with Gasteiger partial charge in [-0.15, -0.1) is 0 Å². The zero-order valence-electron chi connectivity index (χ0n) is 11.5. The number of hydrogen-bond donors (Lipinski definition) is 1. The van der Waals surface area contributed by atoms with Crippen LogP contribution < -0.4 is 5.32 Å². The van der Waals surface area contributed by atoms with E-state index in [1.807, 2.05) is 0 Å². The van der Waals surface area contributed by atoms with Crippen molar-refractivity contribution in [3.8, 4) is 0 Å². The first-order valence-electron chi connectivity index (χ1n) is 7.06. The van der Waals surface area contributed by atoms with Crippen molar-refractivity contribution in [3.63, 3.8) is 0 Å². The molecule has 0 aliphatic carbocycles. The Morgan fingerprint density at radius 1 is 1.39 bits per heavy atom. The van der Waals surface area contributed by atoms with E-state index >= 15 is 0 Å². The van der Waals surface area contributed by atoms with E-state index in [-0.39, 0.29) is 0 Å². The molecule has 1 N–H and O–H groups in total. The van der Waals surface area contributed by atoms with Crippen molar-refractivity contribution in [2.24, 2.45) is 5.92 Å². The monoisotopic (exact) mass is 268 g/mol. The summed E-state index contributed by atoms with van der Waals surface area (Å²) >= 11 is 1.49. The molecule has 0 radical (unpaired) electrons. The van der Waals surface area contributed by atoms with Crippen molar-refractivity contribution >= 4 is 16.7 Å². The molecule has 1 atom stereocenters. The van der Waals surface area contributed by atoms with Crippen LogP contribution in [0.3, 0.4) is 0 Å². The molecule has 0 aromatic carbocycles. The van der Waals surface area contributed by atoms with Gasteiger partial charge in [0.25, 0.3) is 0 Å². The summed E-state index contributed by atoms with van der Waals surface area (Å²) in [4.78, 5) is 7.05. The second-order valence-electron chi connectivity index (χ2n) is 5.26. The Bertz CT molecular complexity index is 347. The Labute approximate surface area is 114 Å². The highest BCUT2D eigenvalue weighted by molar-refractivity contribution is 7.09. The molecule has 1 aliphatic rings.